The number of urea groups is 1. The number of thiazole rings is 1. The average Bonchev–Trinajstić information content (AvgIpc) is 3.29. The molecule has 0 spiro atoms. The van der Waals surface area contributed by atoms with Crippen molar-refractivity contribution >= 4 is 45.7 Å². The van der Waals surface area contributed by atoms with Crippen molar-refractivity contribution in [3.05, 3.63) is 99.9 Å². The topological polar surface area (TPSA) is 74.3 Å². The number of benzene rings is 3. The minimum absolute atomic E-state index is 0.324. The standard InChI is InChI=1S/C25H21ClN4O2S/c1-16-3-7-19(8-4-16)23(31)29-30(24(32)27-21-13-5-17(2)6-14-21)25-28-22(15-33-25)18-9-11-20(26)12-10-18/h3-15H,1-2H3,(H,27,32)(H,29,31). The van der Waals surface area contributed by atoms with E-state index in [2.05, 4.69) is 15.7 Å². The van der Waals surface area contributed by atoms with Crippen LogP contribution in [0.2, 0.25) is 5.02 Å². The second kappa shape index (κ2) is 9.85. The Balaban J connectivity index is 1.62. The van der Waals surface area contributed by atoms with Crippen molar-refractivity contribution in [1.82, 2.24) is 10.4 Å². The monoisotopic (exact) mass is 476 g/mol. The van der Waals surface area contributed by atoms with Crippen molar-refractivity contribution < 1.29 is 9.59 Å². The van der Waals surface area contributed by atoms with Gasteiger partial charge in [0.05, 0.1) is 5.69 Å². The van der Waals surface area contributed by atoms with Gasteiger partial charge in [-0.15, -0.1) is 11.3 Å². The maximum atomic E-state index is 13.2. The highest BCUT2D eigenvalue weighted by molar-refractivity contribution is 7.14. The Bertz CT molecular complexity index is 1270. The summed E-state index contributed by atoms with van der Waals surface area (Å²) in [6, 6.07) is 21.2. The van der Waals surface area contributed by atoms with Gasteiger partial charge >= 0.3 is 6.03 Å². The summed E-state index contributed by atoms with van der Waals surface area (Å²) in [6.45, 7) is 3.91. The number of nitrogens with one attached hydrogen (secondary N) is 2. The Kier molecular flexibility index (Phi) is 6.72. The molecule has 2 N–H and O–H groups in total. The number of rotatable bonds is 4. The smallest absolute Gasteiger partial charge is 0.306 e. The van der Waals surface area contributed by atoms with Crippen LogP contribution in [0.5, 0.6) is 0 Å². The second-order valence-electron chi connectivity index (χ2n) is 7.46. The van der Waals surface area contributed by atoms with Gasteiger partial charge in [-0.25, -0.2) is 9.78 Å². The molecule has 8 heteroatoms. The highest BCUT2D eigenvalue weighted by Gasteiger charge is 2.23. The number of hydrogen-bond donors (Lipinski definition) is 2. The fourth-order valence-electron chi connectivity index (χ4n) is 2.99. The van der Waals surface area contributed by atoms with Crippen molar-refractivity contribution in [1.29, 1.82) is 0 Å². The molecule has 0 aliphatic carbocycles. The molecule has 1 aromatic heterocycles. The molecule has 0 unspecified atom stereocenters. The first-order valence-electron chi connectivity index (χ1n) is 10.2. The van der Waals surface area contributed by atoms with E-state index in [1.54, 1.807) is 36.4 Å². The third-order valence-corrected chi connectivity index (χ3v) is 5.93. The van der Waals surface area contributed by atoms with E-state index in [-0.39, 0.29) is 0 Å². The van der Waals surface area contributed by atoms with Gasteiger partial charge in [0.1, 0.15) is 0 Å². The number of aromatic nitrogens is 1. The first kappa shape index (κ1) is 22.5. The molecule has 0 radical (unpaired) electrons. The first-order valence-corrected chi connectivity index (χ1v) is 11.4. The zero-order valence-corrected chi connectivity index (χ0v) is 19.6. The molecule has 4 aromatic rings. The minimum Gasteiger partial charge on any atom is -0.306 e. The van der Waals surface area contributed by atoms with E-state index in [0.29, 0.717) is 27.1 Å². The summed E-state index contributed by atoms with van der Waals surface area (Å²) in [7, 11) is 0. The van der Waals surface area contributed by atoms with Crippen molar-refractivity contribution in [2.75, 3.05) is 10.3 Å². The molecule has 0 aliphatic heterocycles. The van der Waals surface area contributed by atoms with Gasteiger partial charge in [0, 0.05) is 27.2 Å². The maximum Gasteiger partial charge on any atom is 0.347 e. The molecule has 0 fully saturated rings. The van der Waals surface area contributed by atoms with Crippen molar-refractivity contribution in [2.45, 2.75) is 13.8 Å². The lowest BCUT2D eigenvalue weighted by atomic mass is 10.1. The number of nitrogens with zero attached hydrogens (tertiary/aromatic N) is 2. The van der Waals surface area contributed by atoms with Crippen LogP contribution in [0.25, 0.3) is 11.3 Å². The average molecular weight is 477 g/mol. The zero-order valence-electron chi connectivity index (χ0n) is 18.0. The molecule has 3 aromatic carbocycles. The van der Waals surface area contributed by atoms with Crippen LogP contribution in [0.1, 0.15) is 21.5 Å². The normalized spacial score (nSPS) is 10.5. The molecule has 0 aliphatic rings. The Hall–Kier alpha value is -3.68. The molecule has 0 atom stereocenters. The molecule has 3 amide bonds. The Labute approximate surface area is 200 Å². The number of hydrazine groups is 1. The van der Waals surface area contributed by atoms with Crippen LogP contribution in [0.3, 0.4) is 0 Å². The summed E-state index contributed by atoms with van der Waals surface area (Å²) in [6.07, 6.45) is 0. The Morgan fingerprint density at radius 2 is 1.48 bits per heavy atom. The fraction of sp³-hybridized carbons (Fsp3) is 0.0800. The van der Waals surface area contributed by atoms with Crippen molar-refractivity contribution in [2.24, 2.45) is 0 Å². The number of anilines is 2. The summed E-state index contributed by atoms with van der Waals surface area (Å²) < 4.78 is 0. The number of carbonyl (C=O) groups excluding carboxylic acids is 2. The molecule has 4 rings (SSSR count). The van der Waals surface area contributed by atoms with Crippen LogP contribution in [-0.4, -0.2) is 16.9 Å². The molecule has 0 bridgehead atoms. The predicted molar refractivity (Wildman–Crippen MR) is 134 cm³/mol. The summed E-state index contributed by atoms with van der Waals surface area (Å²) in [5.74, 6) is -0.419. The third kappa shape index (κ3) is 5.58. The summed E-state index contributed by atoms with van der Waals surface area (Å²) in [5, 5.41) is 6.71. The van der Waals surface area contributed by atoms with Gasteiger partial charge in [-0.05, 0) is 50.2 Å². The van der Waals surface area contributed by atoms with Crippen LogP contribution < -0.4 is 15.8 Å². The lowest BCUT2D eigenvalue weighted by molar-refractivity contribution is 0.0951. The Morgan fingerprint density at radius 1 is 0.879 bits per heavy atom. The fourth-order valence-corrected chi connectivity index (χ4v) is 3.91. The number of amides is 3. The molecule has 0 saturated carbocycles. The summed E-state index contributed by atoms with van der Waals surface area (Å²) >= 11 is 7.23. The first-order chi connectivity index (χ1) is 15.9. The van der Waals surface area contributed by atoms with Gasteiger partial charge in [-0.2, -0.15) is 5.01 Å². The molecular formula is C25H21ClN4O2S. The van der Waals surface area contributed by atoms with Gasteiger partial charge in [0.25, 0.3) is 5.91 Å². The van der Waals surface area contributed by atoms with E-state index < -0.39 is 11.9 Å². The molecule has 33 heavy (non-hydrogen) atoms. The van der Waals surface area contributed by atoms with E-state index in [1.165, 1.54) is 11.3 Å². The van der Waals surface area contributed by atoms with E-state index >= 15 is 0 Å². The van der Waals surface area contributed by atoms with Crippen LogP contribution in [-0.2, 0) is 0 Å². The predicted octanol–water partition coefficient (Wildman–Crippen LogP) is 6.46. The largest absolute Gasteiger partial charge is 0.347 e. The highest BCUT2D eigenvalue weighted by Crippen LogP contribution is 2.28. The maximum absolute atomic E-state index is 13.2. The van der Waals surface area contributed by atoms with Gasteiger partial charge in [0.2, 0.25) is 5.13 Å². The third-order valence-electron chi connectivity index (χ3n) is 4.86. The lowest BCUT2D eigenvalue weighted by Crippen LogP contribution is -2.48. The molecular weight excluding hydrogens is 456 g/mol. The van der Waals surface area contributed by atoms with Crippen LogP contribution >= 0.6 is 22.9 Å². The highest BCUT2D eigenvalue weighted by atomic mass is 35.5. The number of halogens is 1. The van der Waals surface area contributed by atoms with Crippen LogP contribution in [0.15, 0.2) is 78.2 Å². The van der Waals surface area contributed by atoms with E-state index in [1.807, 2.05) is 55.6 Å². The second-order valence-corrected chi connectivity index (χ2v) is 8.73. The van der Waals surface area contributed by atoms with E-state index in [4.69, 9.17) is 11.6 Å². The van der Waals surface area contributed by atoms with Crippen LogP contribution in [0, 0.1) is 13.8 Å². The van der Waals surface area contributed by atoms with Crippen LogP contribution in [0.4, 0.5) is 15.6 Å². The van der Waals surface area contributed by atoms with Crippen molar-refractivity contribution in [3.8, 4) is 11.3 Å². The van der Waals surface area contributed by atoms with Crippen molar-refractivity contribution in [3.63, 3.8) is 0 Å². The van der Waals surface area contributed by atoms with Gasteiger partial charge < -0.3 is 5.32 Å². The van der Waals surface area contributed by atoms with Gasteiger partial charge in [0.15, 0.2) is 0 Å². The number of hydrogen-bond acceptors (Lipinski definition) is 4. The SMILES string of the molecule is Cc1ccc(NC(=O)N(NC(=O)c2ccc(C)cc2)c2nc(-c3ccc(Cl)cc3)cs2)cc1. The minimum atomic E-state index is -0.531. The van der Waals surface area contributed by atoms with Gasteiger partial charge in [-0.1, -0.05) is 59.1 Å². The quantitative estimate of drug-likeness (QED) is 0.332. The van der Waals surface area contributed by atoms with Gasteiger partial charge in [-0.3, -0.25) is 10.2 Å². The lowest BCUT2D eigenvalue weighted by Gasteiger charge is -2.21. The molecule has 0 saturated heterocycles. The van der Waals surface area contributed by atoms with E-state index in [9.17, 15) is 9.59 Å². The molecule has 1 heterocycles. The van der Waals surface area contributed by atoms with E-state index in [0.717, 1.165) is 21.7 Å². The number of carbonyl (C=O) groups is 2. The molecule has 6 nitrogen and oxygen atoms in total. The summed E-state index contributed by atoms with van der Waals surface area (Å²) in [4.78, 5) is 30.6. The number of aryl methyl sites for hydroxylation is 2. The zero-order chi connectivity index (χ0) is 23.4. The molecule has 166 valence electrons. The Morgan fingerprint density at radius 3 is 2.12 bits per heavy atom. The summed E-state index contributed by atoms with van der Waals surface area (Å²) in [5.41, 5.74) is 7.36.